The van der Waals surface area contributed by atoms with E-state index in [0.717, 1.165) is 10.9 Å². The van der Waals surface area contributed by atoms with Gasteiger partial charge in [0.1, 0.15) is 5.75 Å². The smallest absolute Gasteiger partial charge is 0.259 e. The molecule has 0 fully saturated rings. The molecule has 0 aliphatic carbocycles. The maximum atomic E-state index is 12.6. The molecule has 0 radical (unpaired) electrons. The van der Waals surface area contributed by atoms with Crippen molar-refractivity contribution in [2.45, 2.75) is 6.42 Å². The van der Waals surface area contributed by atoms with Crippen molar-refractivity contribution in [3.05, 3.63) is 46.4 Å². The molecule has 6 heteroatoms. The lowest BCUT2D eigenvalue weighted by atomic mass is 10.1. The van der Waals surface area contributed by atoms with Crippen molar-refractivity contribution in [3.8, 4) is 17.2 Å². The van der Waals surface area contributed by atoms with Crippen LogP contribution in [0.4, 0.5) is 5.69 Å². The summed E-state index contributed by atoms with van der Waals surface area (Å²) in [6, 6.07) is 10.7. The van der Waals surface area contributed by atoms with Crippen LogP contribution in [-0.2, 0) is 0 Å². The molecule has 2 aromatic carbocycles. The quantitative estimate of drug-likeness (QED) is 0.881. The van der Waals surface area contributed by atoms with Gasteiger partial charge in [-0.15, -0.1) is 0 Å². The van der Waals surface area contributed by atoms with Crippen LogP contribution in [0.3, 0.4) is 0 Å². The van der Waals surface area contributed by atoms with Gasteiger partial charge in [-0.1, -0.05) is 22.0 Å². The zero-order chi connectivity index (χ0) is 16.2. The summed E-state index contributed by atoms with van der Waals surface area (Å²) in [5.41, 5.74) is 1.09. The maximum absolute atomic E-state index is 12.6. The molecule has 120 valence electrons. The van der Waals surface area contributed by atoms with Gasteiger partial charge in [-0.2, -0.15) is 0 Å². The molecule has 0 aromatic heterocycles. The molecule has 0 unspecified atom stereocenters. The lowest BCUT2D eigenvalue weighted by molar-refractivity contribution is 0.102. The monoisotopic (exact) mass is 377 g/mol. The predicted octanol–water partition coefficient (Wildman–Crippen LogP) is 3.87. The topological polar surface area (TPSA) is 56.8 Å². The summed E-state index contributed by atoms with van der Waals surface area (Å²) in [7, 11) is 1.52. The highest BCUT2D eigenvalue weighted by Crippen LogP contribution is 2.36. The van der Waals surface area contributed by atoms with Gasteiger partial charge < -0.3 is 19.5 Å². The Morgan fingerprint density at radius 3 is 2.61 bits per heavy atom. The number of amides is 1. The summed E-state index contributed by atoms with van der Waals surface area (Å²) in [5, 5.41) is 2.85. The first-order valence-corrected chi connectivity index (χ1v) is 8.01. The molecule has 1 heterocycles. The molecule has 1 N–H and O–H groups in total. The fraction of sp³-hybridized carbons (Fsp3) is 0.235. The minimum absolute atomic E-state index is 0.268. The Kier molecular flexibility index (Phi) is 4.71. The van der Waals surface area contributed by atoms with E-state index < -0.39 is 0 Å². The van der Waals surface area contributed by atoms with Crippen LogP contribution < -0.4 is 19.5 Å². The van der Waals surface area contributed by atoms with Crippen LogP contribution in [-0.4, -0.2) is 26.2 Å². The third kappa shape index (κ3) is 3.59. The van der Waals surface area contributed by atoms with Crippen molar-refractivity contribution in [3.63, 3.8) is 0 Å². The first-order chi connectivity index (χ1) is 11.2. The van der Waals surface area contributed by atoms with Gasteiger partial charge in [0.2, 0.25) is 0 Å². The van der Waals surface area contributed by atoms with Gasteiger partial charge in [-0.05, 0) is 18.2 Å². The largest absolute Gasteiger partial charge is 0.496 e. The molecule has 5 nitrogen and oxygen atoms in total. The second-order valence-electron chi connectivity index (χ2n) is 5.01. The van der Waals surface area contributed by atoms with E-state index in [1.807, 2.05) is 24.3 Å². The van der Waals surface area contributed by atoms with Gasteiger partial charge in [0, 0.05) is 28.7 Å². The highest BCUT2D eigenvalue weighted by molar-refractivity contribution is 9.10. The number of anilines is 1. The summed E-state index contributed by atoms with van der Waals surface area (Å²) in [5.74, 6) is 1.33. The minimum atomic E-state index is -0.268. The van der Waals surface area contributed by atoms with E-state index in [1.54, 1.807) is 12.1 Å². The van der Waals surface area contributed by atoms with E-state index in [1.165, 1.54) is 7.11 Å². The van der Waals surface area contributed by atoms with Crippen molar-refractivity contribution in [2.24, 2.45) is 0 Å². The van der Waals surface area contributed by atoms with Crippen LogP contribution in [0.15, 0.2) is 40.9 Å². The molecule has 3 rings (SSSR count). The normalized spacial score (nSPS) is 13.1. The average molecular weight is 378 g/mol. The van der Waals surface area contributed by atoms with Gasteiger partial charge in [0.15, 0.2) is 11.5 Å². The van der Waals surface area contributed by atoms with Gasteiger partial charge in [0.25, 0.3) is 5.91 Å². The molecule has 1 aliphatic heterocycles. The predicted molar refractivity (Wildman–Crippen MR) is 90.7 cm³/mol. The molecule has 23 heavy (non-hydrogen) atoms. The van der Waals surface area contributed by atoms with E-state index >= 15 is 0 Å². The third-order valence-corrected chi connectivity index (χ3v) is 3.89. The van der Waals surface area contributed by atoms with Crippen LogP contribution in [0.5, 0.6) is 17.2 Å². The molecular weight excluding hydrogens is 362 g/mol. The molecule has 0 spiro atoms. The molecular formula is C17H16BrNO4. The third-order valence-electron chi connectivity index (χ3n) is 3.40. The van der Waals surface area contributed by atoms with Gasteiger partial charge in [-0.25, -0.2) is 0 Å². The van der Waals surface area contributed by atoms with Gasteiger partial charge >= 0.3 is 0 Å². The number of rotatable bonds is 3. The summed E-state index contributed by atoms with van der Waals surface area (Å²) in [6.07, 6.45) is 0.802. The molecule has 0 bridgehead atoms. The number of benzene rings is 2. The molecule has 1 amide bonds. The van der Waals surface area contributed by atoms with E-state index in [2.05, 4.69) is 21.2 Å². The standard InChI is InChI=1S/C17H16BrNO4/c1-21-14-10-16-15(22-6-3-7-23-16)9-13(14)17(20)19-12-5-2-4-11(18)8-12/h2,4-5,8-10H,3,6-7H2,1H3,(H,19,20). The highest BCUT2D eigenvalue weighted by Gasteiger charge is 2.20. The van der Waals surface area contributed by atoms with Crippen LogP contribution in [0, 0.1) is 0 Å². The molecule has 0 saturated carbocycles. The van der Waals surface area contributed by atoms with Crippen molar-refractivity contribution in [2.75, 3.05) is 25.6 Å². The fourth-order valence-corrected chi connectivity index (χ4v) is 2.70. The number of hydrogen-bond acceptors (Lipinski definition) is 4. The number of hydrogen-bond donors (Lipinski definition) is 1. The molecule has 0 saturated heterocycles. The fourth-order valence-electron chi connectivity index (χ4n) is 2.30. The summed E-state index contributed by atoms with van der Waals surface area (Å²) < 4.78 is 17.5. The van der Waals surface area contributed by atoms with Crippen molar-refractivity contribution < 1.29 is 19.0 Å². The number of carbonyl (C=O) groups is 1. The van der Waals surface area contributed by atoms with Crippen LogP contribution in [0.25, 0.3) is 0 Å². The average Bonchev–Trinajstić information content (AvgIpc) is 2.78. The second kappa shape index (κ2) is 6.91. The van der Waals surface area contributed by atoms with Crippen LogP contribution in [0.1, 0.15) is 16.8 Å². The first-order valence-electron chi connectivity index (χ1n) is 7.22. The summed E-state index contributed by atoms with van der Waals surface area (Å²) in [4.78, 5) is 12.6. The highest BCUT2D eigenvalue weighted by atomic mass is 79.9. The number of fused-ring (bicyclic) bond motifs is 1. The number of methoxy groups -OCH3 is 1. The van der Waals surface area contributed by atoms with Crippen LogP contribution in [0.2, 0.25) is 0 Å². The number of carbonyl (C=O) groups excluding carboxylic acids is 1. The first kappa shape index (κ1) is 15.7. The Hall–Kier alpha value is -2.21. The van der Waals surface area contributed by atoms with Crippen molar-refractivity contribution >= 4 is 27.5 Å². The van der Waals surface area contributed by atoms with E-state index in [9.17, 15) is 4.79 Å². The van der Waals surface area contributed by atoms with E-state index in [0.29, 0.717) is 41.7 Å². The van der Waals surface area contributed by atoms with Crippen molar-refractivity contribution in [1.82, 2.24) is 0 Å². The number of nitrogens with one attached hydrogen (secondary N) is 1. The number of ether oxygens (including phenoxy) is 3. The lowest BCUT2D eigenvalue weighted by Gasteiger charge is -2.14. The Morgan fingerprint density at radius 2 is 1.91 bits per heavy atom. The Bertz CT molecular complexity index is 733. The second-order valence-corrected chi connectivity index (χ2v) is 5.93. The molecule has 1 aliphatic rings. The van der Waals surface area contributed by atoms with E-state index in [4.69, 9.17) is 14.2 Å². The van der Waals surface area contributed by atoms with Gasteiger partial charge in [-0.3, -0.25) is 4.79 Å². The number of halogens is 1. The lowest BCUT2D eigenvalue weighted by Crippen LogP contribution is -2.13. The zero-order valence-electron chi connectivity index (χ0n) is 12.6. The molecule has 2 aromatic rings. The Labute approximate surface area is 142 Å². The summed E-state index contributed by atoms with van der Waals surface area (Å²) in [6.45, 7) is 1.14. The Balaban J connectivity index is 1.91. The van der Waals surface area contributed by atoms with Crippen molar-refractivity contribution in [1.29, 1.82) is 0 Å². The van der Waals surface area contributed by atoms with Crippen LogP contribution >= 0.6 is 15.9 Å². The SMILES string of the molecule is COc1cc2c(cc1C(=O)Nc1cccc(Br)c1)OCCCO2. The molecule has 0 atom stereocenters. The maximum Gasteiger partial charge on any atom is 0.259 e. The Morgan fingerprint density at radius 1 is 1.17 bits per heavy atom. The van der Waals surface area contributed by atoms with Gasteiger partial charge in [0.05, 0.1) is 25.9 Å². The minimum Gasteiger partial charge on any atom is -0.496 e. The van der Waals surface area contributed by atoms with E-state index in [-0.39, 0.29) is 5.91 Å². The zero-order valence-corrected chi connectivity index (χ0v) is 14.2. The summed E-state index contributed by atoms with van der Waals surface area (Å²) >= 11 is 3.38.